The zero-order chi connectivity index (χ0) is 23.6. The molecule has 176 valence electrons. The molecule has 1 heterocycles. The van der Waals surface area contributed by atoms with Gasteiger partial charge in [0.2, 0.25) is 5.95 Å². The van der Waals surface area contributed by atoms with E-state index in [2.05, 4.69) is 67.2 Å². The molecule has 33 heavy (non-hydrogen) atoms. The number of amides is 1. The number of rotatable bonds is 7. The monoisotopic (exact) mass is 448 g/mol. The van der Waals surface area contributed by atoms with Gasteiger partial charge < -0.3 is 20.3 Å². The second-order valence-electron chi connectivity index (χ2n) is 10.2. The smallest absolute Gasteiger partial charge is 0.251 e. The first-order chi connectivity index (χ1) is 15.8. The van der Waals surface area contributed by atoms with Gasteiger partial charge in [-0.1, -0.05) is 39.8 Å². The number of aromatic nitrogens is 2. The van der Waals surface area contributed by atoms with Crippen molar-refractivity contribution in [2.45, 2.75) is 59.4 Å². The minimum Gasteiger partial charge on any atom is -0.395 e. The number of aliphatic hydroxyl groups excluding tert-OH is 1. The van der Waals surface area contributed by atoms with Crippen LogP contribution in [0.15, 0.2) is 42.5 Å². The third-order valence-electron chi connectivity index (χ3n) is 6.70. The second-order valence-corrected chi connectivity index (χ2v) is 10.2. The van der Waals surface area contributed by atoms with Crippen molar-refractivity contribution in [1.82, 2.24) is 14.9 Å². The fourth-order valence-electron chi connectivity index (χ4n) is 5.41. The Bertz CT molecular complexity index is 1120. The van der Waals surface area contributed by atoms with Gasteiger partial charge in [0.1, 0.15) is 0 Å². The summed E-state index contributed by atoms with van der Waals surface area (Å²) in [6, 6.07) is 14.5. The average Bonchev–Trinajstić information content (AvgIpc) is 3.13. The molecule has 0 unspecified atom stereocenters. The van der Waals surface area contributed by atoms with Gasteiger partial charge in [-0.05, 0) is 72.9 Å². The van der Waals surface area contributed by atoms with Gasteiger partial charge in [0.05, 0.1) is 17.6 Å². The van der Waals surface area contributed by atoms with E-state index in [0.29, 0.717) is 17.5 Å². The number of nitrogens with zero attached hydrogens (tertiary/aromatic N) is 2. The predicted octanol–water partition coefficient (Wildman–Crippen LogP) is 5.45. The number of fused-ring (bicyclic) bond motifs is 1. The maximum Gasteiger partial charge on any atom is 0.251 e. The summed E-state index contributed by atoms with van der Waals surface area (Å²) in [5.74, 6) is 1.26. The average molecular weight is 449 g/mol. The highest BCUT2D eigenvalue weighted by atomic mass is 16.3. The van der Waals surface area contributed by atoms with E-state index >= 15 is 0 Å². The zero-order valence-corrected chi connectivity index (χ0v) is 20.2. The number of carbonyl (C=O) groups is 1. The molecule has 4 rings (SSSR count). The summed E-state index contributed by atoms with van der Waals surface area (Å²) in [7, 11) is 0. The fraction of sp³-hybridized carbons (Fsp3) is 0.481. The van der Waals surface area contributed by atoms with Crippen LogP contribution in [0.5, 0.6) is 0 Å². The Morgan fingerprint density at radius 3 is 2.61 bits per heavy atom. The minimum absolute atomic E-state index is 0.0802. The summed E-state index contributed by atoms with van der Waals surface area (Å²) >= 11 is 0. The molecule has 0 aliphatic heterocycles. The van der Waals surface area contributed by atoms with Crippen molar-refractivity contribution in [3.63, 3.8) is 0 Å². The van der Waals surface area contributed by atoms with Crippen molar-refractivity contribution in [3.8, 4) is 0 Å². The predicted molar refractivity (Wildman–Crippen MR) is 134 cm³/mol. The second kappa shape index (κ2) is 9.56. The van der Waals surface area contributed by atoms with Crippen molar-refractivity contribution in [2.75, 3.05) is 18.5 Å². The number of aliphatic hydroxyl groups is 1. The Labute approximate surface area is 196 Å². The fourth-order valence-corrected chi connectivity index (χ4v) is 5.41. The summed E-state index contributed by atoms with van der Waals surface area (Å²) in [6.07, 6.45) is 4.43. The molecule has 3 N–H and O–H groups in total. The molecule has 1 amide bonds. The van der Waals surface area contributed by atoms with E-state index in [1.807, 2.05) is 18.2 Å². The van der Waals surface area contributed by atoms with E-state index in [1.54, 1.807) is 0 Å². The van der Waals surface area contributed by atoms with Crippen LogP contribution in [-0.4, -0.2) is 33.7 Å². The number of hydrogen-bond donors (Lipinski definition) is 3. The molecule has 1 fully saturated rings. The van der Waals surface area contributed by atoms with Gasteiger partial charge in [0.25, 0.3) is 5.91 Å². The largest absolute Gasteiger partial charge is 0.395 e. The van der Waals surface area contributed by atoms with E-state index < -0.39 is 0 Å². The standard InChI is InChI=1S/C27H36N4O2/c1-5-19-6-9-21(10-7-19)29-26-30-23-15-20(25(33)28-12-13-32)8-11-24(23)31(26)22-14-18(2)16-27(3,4)17-22/h6-11,15,18,22,32H,5,12-14,16-17H2,1-4H3,(H,28,33)(H,29,30)/t18-,22+/m0/s1. The highest BCUT2D eigenvalue weighted by Gasteiger charge is 2.34. The summed E-state index contributed by atoms with van der Waals surface area (Å²) < 4.78 is 2.34. The number of aryl methyl sites for hydroxylation is 1. The van der Waals surface area contributed by atoms with Crippen molar-refractivity contribution >= 4 is 28.6 Å². The van der Waals surface area contributed by atoms with Crippen LogP contribution in [0.3, 0.4) is 0 Å². The van der Waals surface area contributed by atoms with Gasteiger partial charge in [-0.25, -0.2) is 4.98 Å². The minimum atomic E-state index is -0.197. The molecule has 0 saturated heterocycles. The van der Waals surface area contributed by atoms with E-state index in [0.717, 1.165) is 41.9 Å². The summed E-state index contributed by atoms with van der Waals surface area (Å²) in [6.45, 7) is 9.36. The first-order valence-corrected chi connectivity index (χ1v) is 12.1. The molecule has 1 aliphatic rings. The maximum atomic E-state index is 12.4. The number of anilines is 2. The molecule has 0 bridgehead atoms. The lowest BCUT2D eigenvalue weighted by atomic mass is 9.70. The Morgan fingerprint density at radius 1 is 1.18 bits per heavy atom. The Hall–Kier alpha value is -2.86. The van der Waals surface area contributed by atoms with Gasteiger partial charge in [0.15, 0.2) is 0 Å². The Kier molecular flexibility index (Phi) is 6.75. The summed E-state index contributed by atoms with van der Waals surface area (Å²) in [5, 5.41) is 15.3. The maximum absolute atomic E-state index is 12.4. The van der Waals surface area contributed by atoms with Crippen LogP contribution in [0, 0.1) is 11.3 Å². The molecule has 1 saturated carbocycles. The summed E-state index contributed by atoms with van der Waals surface area (Å²) in [4.78, 5) is 17.4. The first kappa shape index (κ1) is 23.3. The molecule has 6 nitrogen and oxygen atoms in total. The highest BCUT2D eigenvalue weighted by Crippen LogP contribution is 2.46. The molecular weight excluding hydrogens is 412 g/mol. The van der Waals surface area contributed by atoms with Crippen molar-refractivity contribution in [3.05, 3.63) is 53.6 Å². The van der Waals surface area contributed by atoms with Gasteiger partial charge >= 0.3 is 0 Å². The number of carbonyl (C=O) groups excluding carboxylic acids is 1. The van der Waals surface area contributed by atoms with E-state index in [1.165, 1.54) is 12.0 Å². The molecular formula is C27H36N4O2. The van der Waals surface area contributed by atoms with E-state index in [-0.39, 0.29) is 24.5 Å². The number of imidazole rings is 1. The molecule has 1 aromatic heterocycles. The first-order valence-electron chi connectivity index (χ1n) is 12.1. The molecule has 0 radical (unpaired) electrons. The molecule has 3 aromatic rings. The molecule has 6 heteroatoms. The van der Waals surface area contributed by atoms with Crippen LogP contribution in [-0.2, 0) is 6.42 Å². The van der Waals surface area contributed by atoms with Crippen LogP contribution >= 0.6 is 0 Å². The van der Waals surface area contributed by atoms with Crippen LogP contribution < -0.4 is 10.6 Å². The number of nitrogens with one attached hydrogen (secondary N) is 2. The third-order valence-corrected chi connectivity index (χ3v) is 6.70. The number of hydrogen-bond acceptors (Lipinski definition) is 4. The summed E-state index contributed by atoms with van der Waals surface area (Å²) in [5.41, 5.74) is 4.97. The van der Waals surface area contributed by atoms with Crippen molar-refractivity contribution in [2.24, 2.45) is 11.3 Å². The zero-order valence-electron chi connectivity index (χ0n) is 20.2. The highest BCUT2D eigenvalue weighted by molar-refractivity contribution is 5.97. The van der Waals surface area contributed by atoms with Crippen LogP contribution in [0.1, 0.15) is 68.9 Å². The normalized spacial score (nSPS) is 20.0. The Balaban J connectivity index is 1.75. The quantitative estimate of drug-likeness (QED) is 0.449. The third kappa shape index (κ3) is 5.22. The lowest BCUT2D eigenvalue weighted by Gasteiger charge is -2.40. The molecule has 2 aromatic carbocycles. The SMILES string of the molecule is CCc1ccc(Nc2nc3cc(C(=O)NCCO)ccc3n2[C@@H]2C[C@H](C)CC(C)(C)C2)cc1. The van der Waals surface area contributed by atoms with Crippen molar-refractivity contribution < 1.29 is 9.90 Å². The molecule has 0 spiro atoms. The lowest BCUT2D eigenvalue weighted by Crippen LogP contribution is -2.29. The van der Waals surface area contributed by atoms with Crippen LogP contribution in [0.25, 0.3) is 11.0 Å². The molecule has 1 aliphatic carbocycles. The Morgan fingerprint density at radius 2 is 1.94 bits per heavy atom. The van der Waals surface area contributed by atoms with E-state index in [4.69, 9.17) is 10.1 Å². The van der Waals surface area contributed by atoms with E-state index in [9.17, 15) is 4.79 Å². The number of benzene rings is 2. The lowest BCUT2D eigenvalue weighted by molar-refractivity contribution is 0.0945. The van der Waals surface area contributed by atoms with Gasteiger partial charge in [-0.3, -0.25) is 4.79 Å². The topological polar surface area (TPSA) is 79.2 Å². The van der Waals surface area contributed by atoms with Crippen LogP contribution in [0.2, 0.25) is 0 Å². The van der Waals surface area contributed by atoms with Crippen molar-refractivity contribution in [1.29, 1.82) is 0 Å². The molecule has 2 atom stereocenters. The van der Waals surface area contributed by atoms with Gasteiger partial charge in [0, 0.05) is 23.8 Å². The van der Waals surface area contributed by atoms with Crippen LogP contribution in [0.4, 0.5) is 11.6 Å². The van der Waals surface area contributed by atoms with Gasteiger partial charge in [-0.15, -0.1) is 0 Å². The van der Waals surface area contributed by atoms with Gasteiger partial charge in [-0.2, -0.15) is 0 Å².